The summed E-state index contributed by atoms with van der Waals surface area (Å²) in [5.41, 5.74) is 3.24. The Morgan fingerprint density at radius 2 is 1.87 bits per heavy atom. The average molecular weight is 398 g/mol. The molecule has 23 heavy (non-hydrogen) atoms. The summed E-state index contributed by atoms with van der Waals surface area (Å²) in [6.07, 6.45) is 0.895. The molecule has 122 valence electrons. The molecule has 0 aliphatic rings. The van der Waals surface area contributed by atoms with Crippen LogP contribution in [0.5, 0.6) is 5.75 Å². The second-order valence-electron chi connectivity index (χ2n) is 5.24. The Morgan fingerprint density at radius 3 is 2.48 bits per heavy atom. The van der Waals surface area contributed by atoms with E-state index in [1.807, 2.05) is 43.3 Å². The van der Waals surface area contributed by atoms with Crippen LogP contribution in [0, 0.1) is 6.92 Å². The van der Waals surface area contributed by atoms with Gasteiger partial charge in [0.1, 0.15) is 6.61 Å². The molecule has 0 aliphatic carbocycles. The van der Waals surface area contributed by atoms with Gasteiger partial charge in [0.05, 0.1) is 16.6 Å². The highest BCUT2D eigenvalue weighted by Gasteiger charge is 2.11. The fourth-order valence-corrected chi connectivity index (χ4v) is 3.12. The lowest BCUT2D eigenvalue weighted by Gasteiger charge is -2.12. The van der Waals surface area contributed by atoms with Crippen LogP contribution < -0.4 is 4.74 Å². The number of hydrogen-bond acceptors (Lipinski definition) is 3. The van der Waals surface area contributed by atoms with E-state index in [-0.39, 0.29) is 5.97 Å². The van der Waals surface area contributed by atoms with Gasteiger partial charge in [-0.05, 0) is 52.5 Å². The van der Waals surface area contributed by atoms with Crippen LogP contribution in [0.4, 0.5) is 0 Å². The molecule has 0 heterocycles. The summed E-state index contributed by atoms with van der Waals surface area (Å²) < 4.78 is 11.2. The quantitative estimate of drug-likeness (QED) is 0.636. The van der Waals surface area contributed by atoms with E-state index in [2.05, 4.69) is 20.7 Å². The Labute approximate surface area is 149 Å². The molecule has 5 heteroatoms. The van der Waals surface area contributed by atoms with E-state index in [0.717, 1.165) is 15.6 Å². The van der Waals surface area contributed by atoms with Crippen LogP contribution in [0.25, 0.3) is 0 Å². The number of rotatable bonds is 6. The summed E-state index contributed by atoms with van der Waals surface area (Å²) >= 11 is 9.79. The van der Waals surface area contributed by atoms with Crippen molar-refractivity contribution in [2.75, 3.05) is 7.11 Å². The zero-order valence-electron chi connectivity index (χ0n) is 13.1. The van der Waals surface area contributed by atoms with Gasteiger partial charge in [0.15, 0.2) is 5.75 Å². The van der Waals surface area contributed by atoms with Crippen molar-refractivity contribution >= 4 is 33.5 Å². The van der Waals surface area contributed by atoms with Gasteiger partial charge in [-0.3, -0.25) is 4.79 Å². The maximum absolute atomic E-state index is 11.2. The summed E-state index contributed by atoms with van der Waals surface area (Å²) in [6.45, 7) is 2.49. The Kier molecular flexibility index (Phi) is 6.48. The van der Waals surface area contributed by atoms with Gasteiger partial charge in [-0.2, -0.15) is 0 Å². The van der Waals surface area contributed by atoms with Crippen molar-refractivity contribution in [2.45, 2.75) is 26.4 Å². The lowest BCUT2D eigenvalue weighted by Crippen LogP contribution is -2.02. The molecule has 0 bridgehead atoms. The Morgan fingerprint density at radius 1 is 1.17 bits per heavy atom. The van der Waals surface area contributed by atoms with Crippen LogP contribution >= 0.6 is 27.5 Å². The number of hydrogen-bond donors (Lipinski definition) is 0. The molecule has 0 atom stereocenters. The van der Waals surface area contributed by atoms with E-state index in [1.165, 1.54) is 12.7 Å². The van der Waals surface area contributed by atoms with Crippen LogP contribution in [-0.2, 0) is 22.6 Å². The number of carbonyl (C=O) groups excluding carboxylic acids is 1. The van der Waals surface area contributed by atoms with Gasteiger partial charge in [-0.15, -0.1) is 0 Å². The molecule has 0 aliphatic heterocycles. The van der Waals surface area contributed by atoms with Gasteiger partial charge in [-0.25, -0.2) is 0 Å². The zero-order valence-corrected chi connectivity index (χ0v) is 15.4. The number of esters is 1. The second-order valence-corrected chi connectivity index (χ2v) is 6.50. The molecule has 0 amide bonds. The van der Waals surface area contributed by atoms with Gasteiger partial charge in [0.2, 0.25) is 0 Å². The van der Waals surface area contributed by atoms with E-state index in [1.54, 1.807) is 0 Å². The Hall–Kier alpha value is -1.52. The minimum Gasteiger partial charge on any atom is -0.486 e. The van der Waals surface area contributed by atoms with Crippen LogP contribution in [0.15, 0.2) is 40.9 Å². The molecule has 0 fully saturated rings. The number of methoxy groups -OCH3 is 1. The Bertz CT molecular complexity index is 660. The predicted molar refractivity (Wildman–Crippen MR) is 95.0 cm³/mol. The first-order chi connectivity index (χ1) is 11.0. The molecule has 0 saturated carbocycles. The minimum absolute atomic E-state index is 0.239. The number of aryl methyl sites for hydroxylation is 2. The number of halogens is 2. The first kappa shape index (κ1) is 17.8. The summed E-state index contributed by atoms with van der Waals surface area (Å²) in [4.78, 5) is 11.2. The first-order valence-electron chi connectivity index (χ1n) is 7.22. The highest BCUT2D eigenvalue weighted by molar-refractivity contribution is 9.10. The normalized spacial score (nSPS) is 10.4. The summed E-state index contributed by atoms with van der Waals surface area (Å²) in [5.74, 6) is 0.367. The molecular formula is C18H18BrClO3. The highest BCUT2D eigenvalue weighted by atomic mass is 79.9. The van der Waals surface area contributed by atoms with Gasteiger partial charge in [0, 0.05) is 6.42 Å². The van der Waals surface area contributed by atoms with Crippen molar-refractivity contribution in [3.05, 3.63) is 62.6 Å². The number of carbonyl (C=O) groups is 1. The minimum atomic E-state index is -0.239. The standard InChI is InChI=1S/C18H18BrClO3/c1-12-3-5-13(6-4-12)11-23-18-15(19)9-14(10-16(18)20)7-8-17(21)22-2/h3-6,9-10H,7-8,11H2,1-2H3. The van der Waals surface area contributed by atoms with Crippen LogP contribution in [-0.4, -0.2) is 13.1 Å². The van der Waals surface area contributed by atoms with Gasteiger partial charge in [0.25, 0.3) is 0 Å². The third kappa shape index (κ3) is 5.26. The van der Waals surface area contributed by atoms with Crippen molar-refractivity contribution in [2.24, 2.45) is 0 Å². The van der Waals surface area contributed by atoms with Crippen molar-refractivity contribution in [1.29, 1.82) is 0 Å². The molecular weight excluding hydrogens is 380 g/mol. The smallest absolute Gasteiger partial charge is 0.305 e. The van der Waals surface area contributed by atoms with Gasteiger partial charge >= 0.3 is 5.97 Å². The molecule has 0 N–H and O–H groups in total. The first-order valence-corrected chi connectivity index (χ1v) is 8.39. The maximum Gasteiger partial charge on any atom is 0.305 e. The van der Waals surface area contributed by atoms with Crippen LogP contribution in [0.2, 0.25) is 5.02 Å². The molecule has 2 aromatic carbocycles. The average Bonchev–Trinajstić information content (AvgIpc) is 2.53. The topological polar surface area (TPSA) is 35.5 Å². The van der Waals surface area contributed by atoms with Crippen LogP contribution in [0.1, 0.15) is 23.1 Å². The Balaban J connectivity index is 2.04. The maximum atomic E-state index is 11.2. The van der Waals surface area contributed by atoms with E-state index >= 15 is 0 Å². The predicted octanol–water partition coefficient (Wildman–Crippen LogP) is 5.10. The third-order valence-electron chi connectivity index (χ3n) is 3.41. The molecule has 2 aromatic rings. The third-order valence-corrected chi connectivity index (χ3v) is 4.28. The number of ether oxygens (including phenoxy) is 2. The number of benzene rings is 2. The lowest BCUT2D eigenvalue weighted by molar-refractivity contribution is -0.140. The molecule has 0 aromatic heterocycles. The molecule has 0 unspecified atom stereocenters. The molecule has 0 saturated heterocycles. The van der Waals surface area contributed by atoms with E-state index < -0.39 is 0 Å². The largest absolute Gasteiger partial charge is 0.486 e. The fourth-order valence-electron chi connectivity index (χ4n) is 2.08. The molecule has 3 nitrogen and oxygen atoms in total. The van der Waals surface area contributed by atoms with Crippen LogP contribution in [0.3, 0.4) is 0 Å². The lowest BCUT2D eigenvalue weighted by atomic mass is 10.1. The summed E-state index contributed by atoms with van der Waals surface area (Å²) in [6, 6.07) is 11.9. The second kappa shape index (κ2) is 8.37. The van der Waals surface area contributed by atoms with Crippen molar-refractivity contribution in [3.8, 4) is 5.75 Å². The highest BCUT2D eigenvalue weighted by Crippen LogP contribution is 2.35. The fraction of sp³-hybridized carbons (Fsp3) is 0.278. The SMILES string of the molecule is COC(=O)CCc1cc(Cl)c(OCc2ccc(C)cc2)c(Br)c1. The molecule has 2 rings (SSSR count). The van der Waals surface area contributed by atoms with E-state index in [4.69, 9.17) is 16.3 Å². The van der Waals surface area contributed by atoms with Crippen molar-refractivity contribution in [1.82, 2.24) is 0 Å². The van der Waals surface area contributed by atoms with Gasteiger partial charge in [-0.1, -0.05) is 41.4 Å². The summed E-state index contributed by atoms with van der Waals surface area (Å²) in [5, 5.41) is 0.520. The zero-order chi connectivity index (χ0) is 16.8. The molecule has 0 spiro atoms. The summed E-state index contributed by atoms with van der Waals surface area (Å²) in [7, 11) is 1.38. The van der Waals surface area contributed by atoms with E-state index in [0.29, 0.717) is 30.2 Å². The molecule has 0 radical (unpaired) electrons. The van der Waals surface area contributed by atoms with Crippen molar-refractivity contribution in [3.63, 3.8) is 0 Å². The van der Waals surface area contributed by atoms with E-state index in [9.17, 15) is 4.79 Å². The monoisotopic (exact) mass is 396 g/mol. The van der Waals surface area contributed by atoms with Crippen molar-refractivity contribution < 1.29 is 14.3 Å². The van der Waals surface area contributed by atoms with Gasteiger partial charge < -0.3 is 9.47 Å².